The van der Waals surface area contributed by atoms with Crippen molar-refractivity contribution in [2.24, 2.45) is 5.73 Å². The normalized spacial score (nSPS) is 13.3. The fourth-order valence-electron chi connectivity index (χ4n) is 1.90. The van der Waals surface area contributed by atoms with Crippen LogP contribution in [-0.4, -0.2) is 0 Å². The van der Waals surface area contributed by atoms with Crippen LogP contribution >= 0.6 is 15.9 Å². The monoisotopic (exact) mass is 343 g/mol. The molecular weight excluding hydrogens is 331 g/mol. The number of aryl methyl sites for hydroxylation is 1. The molecule has 2 aromatic carbocycles. The third kappa shape index (κ3) is 3.22. The number of nitrogens with two attached hydrogens (primary N) is 1. The van der Waals surface area contributed by atoms with Gasteiger partial charge < -0.3 is 5.73 Å². The fourth-order valence-corrected chi connectivity index (χ4v) is 2.30. The summed E-state index contributed by atoms with van der Waals surface area (Å²) in [6.07, 6.45) is -4.36. The lowest BCUT2D eigenvalue weighted by atomic mass is 9.97. The fraction of sp³-hybridized carbons (Fsp3) is 0.200. The SMILES string of the molecule is Cc1ccc(C(N)c2cccc(C(F)(F)F)c2)cc1Br. The Labute approximate surface area is 123 Å². The number of hydrogen-bond donors (Lipinski definition) is 1. The lowest BCUT2D eigenvalue weighted by Gasteiger charge is -2.16. The first-order valence-corrected chi connectivity index (χ1v) is 6.77. The van der Waals surface area contributed by atoms with Gasteiger partial charge in [0, 0.05) is 4.47 Å². The van der Waals surface area contributed by atoms with Crippen molar-refractivity contribution in [1.29, 1.82) is 0 Å². The van der Waals surface area contributed by atoms with Crippen LogP contribution in [0.2, 0.25) is 0 Å². The lowest BCUT2D eigenvalue weighted by Crippen LogP contribution is -2.14. The van der Waals surface area contributed by atoms with E-state index in [9.17, 15) is 13.2 Å². The van der Waals surface area contributed by atoms with Crippen molar-refractivity contribution in [3.05, 3.63) is 69.2 Å². The van der Waals surface area contributed by atoms with Gasteiger partial charge >= 0.3 is 6.18 Å². The maximum Gasteiger partial charge on any atom is 0.416 e. The van der Waals surface area contributed by atoms with Crippen molar-refractivity contribution in [3.63, 3.8) is 0 Å². The van der Waals surface area contributed by atoms with E-state index in [1.807, 2.05) is 25.1 Å². The summed E-state index contributed by atoms with van der Waals surface area (Å²) in [6.45, 7) is 1.93. The molecule has 1 unspecified atom stereocenters. The van der Waals surface area contributed by atoms with Crippen molar-refractivity contribution in [3.8, 4) is 0 Å². The zero-order valence-corrected chi connectivity index (χ0v) is 12.3. The van der Waals surface area contributed by atoms with Gasteiger partial charge in [0.15, 0.2) is 0 Å². The second kappa shape index (κ2) is 5.58. The molecule has 0 radical (unpaired) electrons. The van der Waals surface area contributed by atoms with Gasteiger partial charge in [0.1, 0.15) is 0 Å². The molecule has 0 saturated carbocycles. The second-order valence-corrected chi connectivity index (χ2v) is 5.46. The molecule has 0 aromatic heterocycles. The Morgan fingerprint density at radius 2 is 1.70 bits per heavy atom. The minimum atomic E-state index is -4.36. The average Bonchev–Trinajstić information content (AvgIpc) is 2.40. The van der Waals surface area contributed by atoms with Crippen LogP contribution in [-0.2, 0) is 6.18 Å². The van der Waals surface area contributed by atoms with Gasteiger partial charge in [-0.1, -0.05) is 40.2 Å². The van der Waals surface area contributed by atoms with E-state index in [1.165, 1.54) is 6.07 Å². The summed E-state index contributed by atoms with van der Waals surface area (Å²) >= 11 is 3.40. The van der Waals surface area contributed by atoms with Crippen molar-refractivity contribution < 1.29 is 13.2 Å². The Bertz CT molecular complexity index is 623. The van der Waals surface area contributed by atoms with E-state index in [0.29, 0.717) is 5.56 Å². The Balaban J connectivity index is 2.38. The maximum atomic E-state index is 12.7. The highest BCUT2D eigenvalue weighted by atomic mass is 79.9. The Hall–Kier alpha value is -1.33. The van der Waals surface area contributed by atoms with Crippen LogP contribution in [0.5, 0.6) is 0 Å². The molecule has 0 fully saturated rings. The van der Waals surface area contributed by atoms with Gasteiger partial charge in [-0.2, -0.15) is 13.2 Å². The van der Waals surface area contributed by atoms with E-state index < -0.39 is 17.8 Å². The molecule has 1 atom stereocenters. The van der Waals surface area contributed by atoms with Gasteiger partial charge in [-0.25, -0.2) is 0 Å². The predicted molar refractivity (Wildman–Crippen MR) is 76.4 cm³/mol. The highest BCUT2D eigenvalue weighted by Gasteiger charge is 2.30. The Morgan fingerprint density at radius 3 is 2.30 bits per heavy atom. The highest BCUT2D eigenvalue weighted by Crippen LogP contribution is 2.32. The highest BCUT2D eigenvalue weighted by molar-refractivity contribution is 9.10. The van der Waals surface area contributed by atoms with Gasteiger partial charge in [0.2, 0.25) is 0 Å². The van der Waals surface area contributed by atoms with Crippen LogP contribution in [0.15, 0.2) is 46.9 Å². The quantitative estimate of drug-likeness (QED) is 0.830. The number of benzene rings is 2. The molecule has 0 spiro atoms. The molecule has 0 aliphatic rings. The minimum Gasteiger partial charge on any atom is -0.320 e. The summed E-state index contributed by atoms with van der Waals surface area (Å²) < 4.78 is 39.0. The van der Waals surface area contributed by atoms with Crippen LogP contribution in [0.1, 0.15) is 28.3 Å². The van der Waals surface area contributed by atoms with Crippen molar-refractivity contribution in [1.82, 2.24) is 0 Å². The molecule has 0 aliphatic carbocycles. The van der Waals surface area contributed by atoms with Crippen molar-refractivity contribution >= 4 is 15.9 Å². The largest absolute Gasteiger partial charge is 0.416 e. The minimum absolute atomic E-state index is 0.440. The zero-order valence-electron chi connectivity index (χ0n) is 10.7. The first-order chi connectivity index (χ1) is 9.29. The van der Waals surface area contributed by atoms with Gasteiger partial charge in [0.25, 0.3) is 0 Å². The molecule has 0 aliphatic heterocycles. The second-order valence-electron chi connectivity index (χ2n) is 4.61. The number of halogens is 4. The number of hydrogen-bond acceptors (Lipinski definition) is 1. The molecule has 0 saturated heterocycles. The summed E-state index contributed by atoms with van der Waals surface area (Å²) in [6, 6.07) is 10.1. The summed E-state index contributed by atoms with van der Waals surface area (Å²) in [4.78, 5) is 0. The van der Waals surface area contributed by atoms with Crippen LogP contribution in [0.4, 0.5) is 13.2 Å². The standard InChI is InChI=1S/C15H13BrF3N/c1-9-5-6-11(8-13(9)16)14(20)10-3-2-4-12(7-10)15(17,18)19/h2-8,14H,20H2,1H3. The summed E-state index contributed by atoms with van der Waals surface area (Å²) in [5, 5.41) is 0. The average molecular weight is 344 g/mol. The smallest absolute Gasteiger partial charge is 0.320 e. The van der Waals surface area contributed by atoms with E-state index in [1.54, 1.807) is 6.07 Å². The van der Waals surface area contributed by atoms with E-state index in [2.05, 4.69) is 15.9 Å². The van der Waals surface area contributed by atoms with Crippen LogP contribution in [0.25, 0.3) is 0 Å². The number of rotatable bonds is 2. The van der Waals surface area contributed by atoms with E-state index >= 15 is 0 Å². The maximum absolute atomic E-state index is 12.7. The first kappa shape index (κ1) is 15.1. The summed E-state index contributed by atoms with van der Waals surface area (Å²) in [5.74, 6) is 0. The van der Waals surface area contributed by atoms with Crippen molar-refractivity contribution in [2.75, 3.05) is 0 Å². The molecule has 5 heteroatoms. The van der Waals surface area contributed by atoms with Crippen LogP contribution in [0.3, 0.4) is 0 Å². The van der Waals surface area contributed by atoms with Crippen molar-refractivity contribution in [2.45, 2.75) is 19.1 Å². The van der Waals surface area contributed by atoms with E-state index in [-0.39, 0.29) is 0 Å². The molecule has 2 N–H and O–H groups in total. The molecule has 1 nitrogen and oxygen atoms in total. The summed E-state index contributed by atoms with van der Waals surface area (Å²) in [5.41, 5.74) is 7.63. The Morgan fingerprint density at radius 1 is 1.05 bits per heavy atom. The predicted octanol–water partition coefficient (Wildman–Crippen LogP) is 4.82. The molecule has 20 heavy (non-hydrogen) atoms. The van der Waals surface area contributed by atoms with Gasteiger partial charge in [-0.05, 0) is 41.8 Å². The van der Waals surface area contributed by atoms with Gasteiger partial charge in [-0.3, -0.25) is 0 Å². The zero-order chi connectivity index (χ0) is 14.9. The van der Waals surface area contributed by atoms with Gasteiger partial charge in [-0.15, -0.1) is 0 Å². The first-order valence-electron chi connectivity index (χ1n) is 5.98. The molecule has 0 heterocycles. The molecule has 0 bridgehead atoms. The van der Waals surface area contributed by atoms with E-state index in [0.717, 1.165) is 27.7 Å². The number of alkyl halides is 3. The van der Waals surface area contributed by atoms with Gasteiger partial charge in [0.05, 0.1) is 11.6 Å². The van der Waals surface area contributed by atoms with Crippen LogP contribution in [0, 0.1) is 6.92 Å². The molecular formula is C15H13BrF3N. The Kier molecular flexibility index (Phi) is 4.20. The third-order valence-electron chi connectivity index (χ3n) is 3.13. The molecule has 2 aromatic rings. The molecule has 106 valence electrons. The third-order valence-corrected chi connectivity index (χ3v) is 3.98. The topological polar surface area (TPSA) is 26.0 Å². The molecule has 2 rings (SSSR count). The van der Waals surface area contributed by atoms with Crippen LogP contribution < -0.4 is 5.73 Å². The summed E-state index contributed by atoms with van der Waals surface area (Å²) in [7, 11) is 0. The molecule has 0 amide bonds. The van der Waals surface area contributed by atoms with E-state index in [4.69, 9.17) is 5.73 Å². The lowest BCUT2D eigenvalue weighted by molar-refractivity contribution is -0.137.